The molecule has 0 saturated carbocycles. The van der Waals surface area contributed by atoms with Gasteiger partial charge in [0, 0.05) is 19.3 Å². The molecule has 1 aromatic carbocycles. The molecule has 11 heteroatoms. The molecule has 178 valence electrons. The number of methoxy groups -OCH3 is 3. The highest BCUT2D eigenvalue weighted by Crippen LogP contribution is 2.31. The monoisotopic (exact) mass is 455 g/mol. The summed E-state index contributed by atoms with van der Waals surface area (Å²) in [5.74, 6) is -1.26. The van der Waals surface area contributed by atoms with E-state index in [-0.39, 0.29) is 43.3 Å². The van der Waals surface area contributed by atoms with E-state index < -0.39 is 29.8 Å². The van der Waals surface area contributed by atoms with E-state index in [1.165, 1.54) is 25.3 Å². The highest BCUT2D eigenvalue weighted by atomic mass is 16.7. The second kappa shape index (κ2) is 12.5. The van der Waals surface area contributed by atoms with Crippen molar-refractivity contribution < 1.29 is 47.6 Å². The molecular formula is C21H29NO10. The molecule has 1 aromatic rings. The van der Waals surface area contributed by atoms with E-state index in [1.807, 2.05) is 13.8 Å². The molecule has 11 nitrogen and oxygen atoms in total. The van der Waals surface area contributed by atoms with Gasteiger partial charge in [0.05, 0.1) is 27.9 Å². The fourth-order valence-electron chi connectivity index (χ4n) is 2.66. The third-order valence-corrected chi connectivity index (χ3v) is 4.23. The molecule has 1 atom stereocenters. The molecule has 0 bridgehead atoms. The Morgan fingerprint density at radius 2 is 1.53 bits per heavy atom. The SMILES string of the molecule is COC(=O)Oc1ccc(C[C@](N)(CCOC(=O)CC(C)C)C(=O)OC)cc1OC(=O)OC. The summed E-state index contributed by atoms with van der Waals surface area (Å²) < 4.78 is 28.8. The van der Waals surface area contributed by atoms with Crippen LogP contribution in [0.25, 0.3) is 0 Å². The fraction of sp³-hybridized carbons (Fsp3) is 0.524. The van der Waals surface area contributed by atoms with Crippen LogP contribution >= 0.6 is 0 Å². The van der Waals surface area contributed by atoms with Crippen LogP contribution in [0.5, 0.6) is 11.5 Å². The lowest BCUT2D eigenvalue weighted by Crippen LogP contribution is -2.51. The molecule has 32 heavy (non-hydrogen) atoms. The fourth-order valence-corrected chi connectivity index (χ4v) is 2.66. The Balaban J connectivity index is 3.08. The third kappa shape index (κ3) is 8.42. The van der Waals surface area contributed by atoms with Crippen LogP contribution in [0, 0.1) is 5.92 Å². The van der Waals surface area contributed by atoms with Crippen LogP contribution in [-0.4, -0.2) is 57.7 Å². The third-order valence-electron chi connectivity index (χ3n) is 4.23. The second-order valence-corrected chi connectivity index (χ2v) is 7.29. The predicted octanol–water partition coefficient (Wildman–Crippen LogP) is 2.37. The summed E-state index contributed by atoms with van der Waals surface area (Å²) in [6, 6.07) is 4.20. The van der Waals surface area contributed by atoms with Gasteiger partial charge in [0.15, 0.2) is 11.5 Å². The number of carbonyl (C=O) groups excluding carboxylic acids is 4. The van der Waals surface area contributed by atoms with Crippen LogP contribution in [0.3, 0.4) is 0 Å². The van der Waals surface area contributed by atoms with Crippen LogP contribution in [0.1, 0.15) is 32.3 Å². The average Bonchev–Trinajstić information content (AvgIpc) is 2.73. The summed E-state index contributed by atoms with van der Waals surface area (Å²) in [5.41, 5.74) is 5.19. The maximum Gasteiger partial charge on any atom is 0.513 e. The Bertz CT molecular complexity index is 823. The summed E-state index contributed by atoms with van der Waals surface area (Å²) in [5, 5.41) is 0. The van der Waals surface area contributed by atoms with E-state index in [9.17, 15) is 19.2 Å². The molecule has 0 aliphatic heterocycles. The molecule has 0 heterocycles. The zero-order chi connectivity index (χ0) is 24.3. The summed E-state index contributed by atoms with van der Waals surface area (Å²) in [6.07, 6.45) is -1.92. The van der Waals surface area contributed by atoms with E-state index in [0.717, 1.165) is 14.2 Å². The first-order chi connectivity index (χ1) is 15.0. The summed E-state index contributed by atoms with van der Waals surface area (Å²) in [4.78, 5) is 47.1. The number of carbonyl (C=O) groups is 4. The number of ether oxygens (including phenoxy) is 6. The quantitative estimate of drug-likeness (QED) is 0.315. The van der Waals surface area contributed by atoms with Crippen LogP contribution in [-0.2, 0) is 35.0 Å². The number of rotatable bonds is 10. The zero-order valence-electron chi connectivity index (χ0n) is 18.8. The summed E-state index contributed by atoms with van der Waals surface area (Å²) in [6.45, 7) is 3.67. The largest absolute Gasteiger partial charge is 0.513 e. The van der Waals surface area contributed by atoms with E-state index in [4.69, 9.17) is 24.7 Å². The summed E-state index contributed by atoms with van der Waals surface area (Å²) >= 11 is 0. The van der Waals surface area contributed by atoms with Crippen molar-refractivity contribution in [3.63, 3.8) is 0 Å². The van der Waals surface area contributed by atoms with Gasteiger partial charge in [0.2, 0.25) is 0 Å². The highest BCUT2D eigenvalue weighted by molar-refractivity contribution is 5.81. The lowest BCUT2D eigenvalue weighted by atomic mass is 9.88. The van der Waals surface area contributed by atoms with Crippen LogP contribution in [0.4, 0.5) is 9.59 Å². The number of benzene rings is 1. The molecule has 0 unspecified atom stereocenters. The van der Waals surface area contributed by atoms with Crippen LogP contribution in [0.15, 0.2) is 18.2 Å². The molecular weight excluding hydrogens is 426 g/mol. The minimum absolute atomic E-state index is 0.0168. The topological polar surface area (TPSA) is 150 Å². The van der Waals surface area contributed by atoms with E-state index >= 15 is 0 Å². The number of esters is 2. The zero-order valence-corrected chi connectivity index (χ0v) is 18.8. The molecule has 0 radical (unpaired) electrons. The first-order valence-electron chi connectivity index (χ1n) is 9.72. The van der Waals surface area contributed by atoms with Crippen molar-refractivity contribution in [2.75, 3.05) is 27.9 Å². The Morgan fingerprint density at radius 3 is 2.06 bits per heavy atom. The van der Waals surface area contributed by atoms with Crippen molar-refractivity contribution in [1.82, 2.24) is 0 Å². The van der Waals surface area contributed by atoms with E-state index in [0.29, 0.717) is 5.56 Å². The van der Waals surface area contributed by atoms with Gasteiger partial charge in [-0.2, -0.15) is 0 Å². The van der Waals surface area contributed by atoms with Gasteiger partial charge in [-0.05, 0) is 23.6 Å². The first kappa shape index (κ1) is 26.7. The molecule has 0 saturated heterocycles. The molecule has 0 fully saturated rings. The second-order valence-electron chi connectivity index (χ2n) is 7.29. The predicted molar refractivity (Wildman–Crippen MR) is 110 cm³/mol. The minimum atomic E-state index is -1.54. The normalized spacial score (nSPS) is 12.3. The van der Waals surface area contributed by atoms with Crippen molar-refractivity contribution in [1.29, 1.82) is 0 Å². The van der Waals surface area contributed by atoms with Gasteiger partial charge in [-0.15, -0.1) is 0 Å². The Hall–Kier alpha value is -3.34. The summed E-state index contributed by atoms with van der Waals surface area (Å²) in [7, 11) is 3.41. The van der Waals surface area contributed by atoms with Gasteiger partial charge in [0.25, 0.3) is 0 Å². The maximum absolute atomic E-state index is 12.4. The number of hydrogen-bond donors (Lipinski definition) is 1. The smallest absolute Gasteiger partial charge is 0.468 e. The Kier molecular flexibility index (Phi) is 10.4. The Morgan fingerprint density at radius 1 is 0.938 bits per heavy atom. The molecule has 0 amide bonds. The molecule has 0 spiro atoms. The van der Waals surface area contributed by atoms with Gasteiger partial charge >= 0.3 is 24.2 Å². The molecule has 0 aromatic heterocycles. The molecule has 0 aliphatic carbocycles. The number of hydrogen-bond acceptors (Lipinski definition) is 11. The van der Waals surface area contributed by atoms with Crippen molar-refractivity contribution in [2.45, 2.75) is 38.6 Å². The highest BCUT2D eigenvalue weighted by Gasteiger charge is 2.36. The Labute approximate surface area is 186 Å². The van der Waals surface area contributed by atoms with E-state index in [1.54, 1.807) is 0 Å². The van der Waals surface area contributed by atoms with E-state index in [2.05, 4.69) is 9.47 Å². The molecule has 0 aliphatic rings. The first-order valence-corrected chi connectivity index (χ1v) is 9.72. The van der Waals surface area contributed by atoms with Crippen LogP contribution in [0.2, 0.25) is 0 Å². The van der Waals surface area contributed by atoms with Crippen molar-refractivity contribution in [3.8, 4) is 11.5 Å². The van der Waals surface area contributed by atoms with Gasteiger partial charge in [-0.1, -0.05) is 19.9 Å². The molecule has 1 rings (SSSR count). The van der Waals surface area contributed by atoms with Crippen molar-refractivity contribution in [3.05, 3.63) is 23.8 Å². The van der Waals surface area contributed by atoms with Gasteiger partial charge in [-0.25, -0.2) is 9.59 Å². The van der Waals surface area contributed by atoms with Gasteiger partial charge in [-0.3, -0.25) is 9.59 Å². The standard InChI is InChI=1S/C21H29NO10/c1-13(2)10-17(23)30-9-8-21(22,18(24)27-3)12-14-6-7-15(31-19(25)28-4)16(11-14)32-20(26)29-5/h6-7,11,13H,8-10,12,22H2,1-5H3/t21-/m1/s1. The van der Waals surface area contributed by atoms with Crippen molar-refractivity contribution in [2.24, 2.45) is 11.7 Å². The maximum atomic E-state index is 12.4. The average molecular weight is 455 g/mol. The van der Waals surface area contributed by atoms with Gasteiger partial charge < -0.3 is 34.2 Å². The molecule has 2 N–H and O–H groups in total. The van der Waals surface area contributed by atoms with Crippen molar-refractivity contribution >= 4 is 24.2 Å². The minimum Gasteiger partial charge on any atom is -0.468 e. The van der Waals surface area contributed by atoms with Gasteiger partial charge in [0.1, 0.15) is 5.54 Å². The lowest BCUT2D eigenvalue weighted by molar-refractivity contribution is -0.151. The van der Waals surface area contributed by atoms with Crippen LogP contribution < -0.4 is 15.2 Å². The number of nitrogens with two attached hydrogens (primary N) is 1. The lowest BCUT2D eigenvalue weighted by Gasteiger charge is -2.26.